The monoisotopic (exact) mass is 420 g/mol. The maximum atomic E-state index is 12.3. The van der Waals surface area contributed by atoms with Gasteiger partial charge in [-0.3, -0.25) is 4.90 Å². The normalized spacial score (nSPS) is 20.1. The van der Waals surface area contributed by atoms with Crippen LogP contribution < -0.4 is 0 Å². The van der Waals surface area contributed by atoms with Crippen LogP contribution in [0.5, 0.6) is 0 Å². The molecule has 166 valence electrons. The number of hydrogen-bond donors (Lipinski definition) is 2. The van der Waals surface area contributed by atoms with Crippen molar-refractivity contribution in [1.82, 2.24) is 9.80 Å². The Morgan fingerprint density at radius 2 is 2.17 bits per heavy atom. The second-order valence-electron chi connectivity index (χ2n) is 7.97. The molecule has 1 saturated heterocycles. The summed E-state index contributed by atoms with van der Waals surface area (Å²) >= 11 is 0. The van der Waals surface area contributed by atoms with Gasteiger partial charge in [0.25, 0.3) is 0 Å². The molecular weight excluding hydrogens is 388 g/mol. The topological polar surface area (TPSA) is 99.5 Å². The third kappa shape index (κ3) is 4.94. The first-order valence-corrected chi connectivity index (χ1v) is 10.7. The number of carbonyl (C=O) groups excluding carboxylic acids is 2. The van der Waals surface area contributed by atoms with Gasteiger partial charge in [-0.25, -0.2) is 9.59 Å². The van der Waals surface area contributed by atoms with E-state index in [1.54, 1.807) is 17.0 Å². The summed E-state index contributed by atoms with van der Waals surface area (Å²) in [5.74, 6) is -0.320. The van der Waals surface area contributed by atoms with Gasteiger partial charge in [0.05, 0.1) is 18.3 Å². The Hall–Kier alpha value is -2.16. The Bertz CT molecular complexity index is 768. The second kappa shape index (κ2) is 10.2. The highest BCUT2D eigenvalue weighted by atomic mass is 16.6. The zero-order valence-corrected chi connectivity index (χ0v) is 17.8. The molecule has 1 aromatic rings. The summed E-state index contributed by atoms with van der Waals surface area (Å²) in [6.45, 7) is 6.57. The van der Waals surface area contributed by atoms with Crippen LogP contribution in [0.15, 0.2) is 12.1 Å². The highest BCUT2D eigenvalue weighted by Gasteiger charge is 2.32. The van der Waals surface area contributed by atoms with E-state index in [1.165, 1.54) is 0 Å². The van der Waals surface area contributed by atoms with Gasteiger partial charge in [-0.2, -0.15) is 0 Å². The number of nitrogens with zero attached hydrogens (tertiary/aromatic N) is 2. The summed E-state index contributed by atoms with van der Waals surface area (Å²) in [4.78, 5) is 27.8. The van der Waals surface area contributed by atoms with Crippen molar-refractivity contribution in [3.63, 3.8) is 0 Å². The summed E-state index contributed by atoms with van der Waals surface area (Å²) < 4.78 is 10.4. The lowest BCUT2D eigenvalue weighted by molar-refractivity contribution is 0.0173. The molecule has 30 heavy (non-hydrogen) atoms. The molecule has 2 aliphatic rings. The van der Waals surface area contributed by atoms with Gasteiger partial charge in [-0.15, -0.1) is 0 Å². The first-order valence-electron chi connectivity index (χ1n) is 10.7. The van der Waals surface area contributed by atoms with Crippen LogP contribution in [0.3, 0.4) is 0 Å². The molecule has 0 bridgehead atoms. The molecule has 8 heteroatoms. The molecule has 0 aromatic heterocycles. The number of amides is 1. The van der Waals surface area contributed by atoms with E-state index in [0.717, 1.165) is 29.5 Å². The maximum Gasteiger partial charge on any atom is 0.409 e. The summed E-state index contributed by atoms with van der Waals surface area (Å²) in [5.41, 5.74) is 3.05. The standard InChI is InChI=1S/C22H32N2O6/c1-3-4-11-29-22(28)24-9-8-23(16(12-24)7-10-25)13-20(26)17-5-6-18-19(15(17)2)14-30-21(18)27/h5-6,16,20,25-26H,3-4,7-14H2,1-2H3. The Kier molecular flexibility index (Phi) is 7.69. The first-order chi connectivity index (χ1) is 14.5. The number of piperazine rings is 1. The van der Waals surface area contributed by atoms with Crippen LogP contribution in [0.2, 0.25) is 0 Å². The summed E-state index contributed by atoms with van der Waals surface area (Å²) in [7, 11) is 0. The molecule has 0 spiro atoms. The van der Waals surface area contributed by atoms with E-state index >= 15 is 0 Å². The number of rotatable bonds is 8. The summed E-state index contributed by atoms with van der Waals surface area (Å²) in [6.07, 6.45) is 1.26. The van der Waals surface area contributed by atoms with Gasteiger partial charge in [0.15, 0.2) is 0 Å². The second-order valence-corrected chi connectivity index (χ2v) is 7.97. The molecular formula is C22H32N2O6. The smallest absolute Gasteiger partial charge is 0.409 e. The highest BCUT2D eigenvalue weighted by molar-refractivity contribution is 5.93. The predicted octanol–water partition coefficient (Wildman–Crippen LogP) is 2.00. The van der Waals surface area contributed by atoms with Crippen LogP contribution in [0.1, 0.15) is 59.3 Å². The molecule has 2 unspecified atom stereocenters. The highest BCUT2D eigenvalue weighted by Crippen LogP contribution is 2.30. The van der Waals surface area contributed by atoms with E-state index in [4.69, 9.17) is 9.47 Å². The van der Waals surface area contributed by atoms with Crippen LogP contribution >= 0.6 is 0 Å². The fourth-order valence-electron chi connectivity index (χ4n) is 4.17. The van der Waals surface area contributed by atoms with Crippen molar-refractivity contribution < 1.29 is 29.3 Å². The average molecular weight is 421 g/mol. The van der Waals surface area contributed by atoms with Crippen molar-refractivity contribution in [2.24, 2.45) is 0 Å². The van der Waals surface area contributed by atoms with E-state index in [-0.39, 0.29) is 31.3 Å². The largest absolute Gasteiger partial charge is 0.457 e. The van der Waals surface area contributed by atoms with E-state index in [2.05, 4.69) is 4.90 Å². The third-order valence-electron chi connectivity index (χ3n) is 6.02. The van der Waals surface area contributed by atoms with Gasteiger partial charge in [0.1, 0.15) is 6.61 Å². The number of benzene rings is 1. The van der Waals surface area contributed by atoms with Crippen molar-refractivity contribution in [2.45, 2.75) is 51.9 Å². The number of aliphatic hydroxyl groups excluding tert-OH is 2. The van der Waals surface area contributed by atoms with Crippen molar-refractivity contribution in [2.75, 3.05) is 39.4 Å². The molecule has 0 radical (unpaired) electrons. The van der Waals surface area contributed by atoms with Crippen molar-refractivity contribution in [3.8, 4) is 0 Å². The quantitative estimate of drug-likeness (QED) is 0.490. The number of β-amino-alcohol motifs (C(OH)–C–C–N with tert-alkyl or cyclic N) is 1. The molecule has 2 atom stereocenters. The van der Waals surface area contributed by atoms with Gasteiger partial charge in [0, 0.05) is 44.4 Å². The van der Waals surface area contributed by atoms with Crippen molar-refractivity contribution in [3.05, 3.63) is 34.4 Å². The van der Waals surface area contributed by atoms with Crippen LogP contribution in [0.4, 0.5) is 4.79 Å². The lowest BCUT2D eigenvalue weighted by Crippen LogP contribution is -2.55. The molecule has 1 fully saturated rings. The molecule has 2 aliphatic heterocycles. The zero-order chi connectivity index (χ0) is 21.7. The van der Waals surface area contributed by atoms with Gasteiger partial charge < -0.3 is 24.6 Å². The number of esters is 1. The minimum atomic E-state index is -0.741. The molecule has 0 aliphatic carbocycles. The Morgan fingerprint density at radius 1 is 1.37 bits per heavy atom. The lowest BCUT2D eigenvalue weighted by Gasteiger charge is -2.41. The minimum Gasteiger partial charge on any atom is -0.457 e. The fourth-order valence-corrected chi connectivity index (χ4v) is 4.17. The van der Waals surface area contributed by atoms with Crippen molar-refractivity contribution in [1.29, 1.82) is 0 Å². The van der Waals surface area contributed by atoms with E-state index in [0.29, 0.717) is 44.8 Å². The lowest BCUT2D eigenvalue weighted by atomic mass is 9.94. The minimum absolute atomic E-state index is 0.00725. The molecule has 2 N–H and O–H groups in total. The Morgan fingerprint density at radius 3 is 2.90 bits per heavy atom. The van der Waals surface area contributed by atoms with Gasteiger partial charge >= 0.3 is 12.1 Å². The zero-order valence-electron chi connectivity index (χ0n) is 17.8. The number of aliphatic hydroxyl groups is 2. The van der Waals surface area contributed by atoms with Crippen LogP contribution in [-0.4, -0.2) is 77.5 Å². The number of carbonyl (C=O) groups is 2. The van der Waals surface area contributed by atoms with Gasteiger partial charge in [-0.05, 0) is 37.0 Å². The maximum absolute atomic E-state index is 12.3. The van der Waals surface area contributed by atoms with E-state index in [9.17, 15) is 19.8 Å². The molecule has 2 heterocycles. The van der Waals surface area contributed by atoms with Gasteiger partial charge in [0.2, 0.25) is 0 Å². The van der Waals surface area contributed by atoms with E-state index in [1.807, 2.05) is 13.8 Å². The van der Waals surface area contributed by atoms with Gasteiger partial charge in [-0.1, -0.05) is 19.4 Å². The number of cyclic esters (lactones) is 1. The number of unbranched alkanes of at least 4 members (excludes halogenated alkanes) is 1. The Labute approximate surface area is 177 Å². The molecule has 0 saturated carbocycles. The summed E-state index contributed by atoms with van der Waals surface area (Å²) in [6, 6.07) is 3.44. The number of ether oxygens (including phenoxy) is 2. The Balaban J connectivity index is 1.64. The molecule has 3 rings (SSSR count). The predicted molar refractivity (Wildman–Crippen MR) is 110 cm³/mol. The van der Waals surface area contributed by atoms with Crippen LogP contribution in [0.25, 0.3) is 0 Å². The number of hydrogen-bond acceptors (Lipinski definition) is 7. The van der Waals surface area contributed by atoms with Crippen LogP contribution in [-0.2, 0) is 16.1 Å². The third-order valence-corrected chi connectivity index (χ3v) is 6.02. The summed E-state index contributed by atoms with van der Waals surface area (Å²) in [5, 5.41) is 20.4. The van der Waals surface area contributed by atoms with Crippen molar-refractivity contribution >= 4 is 12.1 Å². The first kappa shape index (κ1) is 22.5. The van der Waals surface area contributed by atoms with Crippen LogP contribution in [0, 0.1) is 6.92 Å². The molecule has 1 amide bonds. The van der Waals surface area contributed by atoms with E-state index < -0.39 is 6.10 Å². The SMILES string of the molecule is CCCCOC(=O)N1CCN(CC(O)c2ccc3c(c2C)COC3=O)C(CCO)C1. The fraction of sp³-hybridized carbons (Fsp3) is 0.636. The average Bonchev–Trinajstić information content (AvgIpc) is 3.11. The molecule has 1 aromatic carbocycles. The number of fused-ring (bicyclic) bond motifs is 1. The molecule has 8 nitrogen and oxygen atoms in total.